The largest absolute Gasteiger partial charge is 0.497 e. The van der Waals surface area contributed by atoms with Crippen LogP contribution in [0.25, 0.3) is 5.57 Å². The molecule has 0 saturated heterocycles. The summed E-state index contributed by atoms with van der Waals surface area (Å²) in [7, 11) is 0. The average molecular weight is 484 g/mol. The maximum atomic E-state index is 14.0. The Morgan fingerprint density at radius 3 is 2.65 bits per heavy atom. The van der Waals surface area contributed by atoms with Crippen molar-refractivity contribution in [2.45, 2.75) is 33.6 Å². The number of aryl methyl sites for hydroxylation is 3. The molecule has 9 heteroatoms. The second kappa shape index (κ2) is 9.93. The summed E-state index contributed by atoms with van der Waals surface area (Å²) >= 11 is 6.19. The lowest BCUT2D eigenvalue weighted by molar-refractivity contribution is -0.134. The number of hydrogen-bond acceptors (Lipinski definition) is 6. The number of hydrogen-bond donors (Lipinski definition) is 1. The van der Waals surface area contributed by atoms with Gasteiger partial charge >= 0.3 is 0 Å². The Balaban J connectivity index is 1.44. The Bertz CT molecular complexity index is 1180. The number of allylic oxidation sites excluding steroid dienone is 3. The van der Waals surface area contributed by atoms with Crippen LogP contribution in [0.4, 0.5) is 4.39 Å². The highest BCUT2D eigenvalue weighted by atomic mass is 35.5. The second-order valence-electron chi connectivity index (χ2n) is 8.56. The number of halogens is 2. The molecule has 0 fully saturated rings. The van der Waals surface area contributed by atoms with Gasteiger partial charge in [0.2, 0.25) is 5.91 Å². The molecule has 1 aliphatic carbocycles. The normalized spacial score (nSPS) is 18.1. The van der Waals surface area contributed by atoms with Gasteiger partial charge in [0.05, 0.1) is 42.0 Å². The molecule has 1 unspecified atom stereocenters. The fraction of sp³-hybridized carbons (Fsp3) is 0.360. The van der Waals surface area contributed by atoms with Gasteiger partial charge in [-0.1, -0.05) is 17.7 Å². The summed E-state index contributed by atoms with van der Waals surface area (Å²) in [6.45, 7) is 6.37. The van der Waals surface area contributed by atoms with Gasteiger partial charge in [-0.25, -0.2) is 14.4 Å². The maximum absolute atomic E-state index is 14.0. The van der Waals surface area contributed by atoms with Crippen molar-refractivity contribution in [2.75, 3.05) is 19.7 Å². The molecular weight excluding hydrogens is 457 g/mol. The highest BCUT2D eigenvalue weighted by Gasteiger charge is 2.35. The SMILES string of the molecule is Cc1ccc(CCOC2=CC(F)=CCC2C(=O)N2CC(N)=C(c3nc(C)c(Cl)c(C)n3)C2)cn1. The molecule has 2 N–H and O–H groups in total. The lowest BCUT2D eigenvalue weighted by atomic mass is 9.96. The molecular formula is C25H27ClFN5O2. The van der Waals surface area contributed by atoms with E-state index in [9.17, 15) is 9.18 Å². The van der Waals surface area contributed by atoms with E-state index in [1.807, 2.05) is 19.1 Å². The predicted molar refractivity (Wildman–Crippen MR) is 128 cm³/mol. The molecule has 4 rings (SSSR count). The predicted octanol–water partition coefficient (Wildman–Crippen LogP) is 3.98. The minimum absolute atomic E-state index is 0.174. The van der Waals surface area contributed by atoms with Crippen LogP contribution in [0.3, 0.4) is 0 Å². The van der Waals surface area contributed by atoms with Crippen LogP contribution in [-0.2, 0) is 16.0 Å². The number of carbonyl (C=O) groups is 1. The van der Waals surface area contributed by atoms with Gasteiger partial charge in [0.15, 0.2) is 5.82 Å². The van der Waals surface area contributed by atoms with Crippen molar-refractivity contribution < 1.29 is 13.9 Å². The molecule has 3 heterocycles. The summed E-state index contributed by atoms with van der Waals surface area (Å²) in [5.41, 5.74) is 10.8. The number of rotatable bonds is 6. The lowest BCUT2D eigenvalue weighted by Crippen LogP contribution is -2.37. The third-order valence-electron chi connectivity index (χ3n) is 5.96. The van der Waals surface area contributed by atoms with Gasteiger partial charge in [-0.2, -0.15) is 0 Å². The minimum Gasteiger partial charge on any atom is -0.497 e. The summed E-state index contributed by atoms with van der Waals surface area (Å²) in [6.07, 6.45) is 5.32. The van der Waals surface area contributed by atoms with Crippen molar-refractivity contribution in [3.63, 3.8) is 0 Å². The van der Waals surface area contributed by atoms with E-state index in [-0.39, 0.29) is 25.4 Å². The quantitative estimate of drug-likeness (QED) is 0.668. The van der Waals surface area contributed by atoms with Gasteiger partial charge in [0.1, 0.15) is 11.6 Å². The van der Waals surface area contributed by atoms with Gasteiger partial charge in [-0.05, 0) is 44.9 Å². The van der Waals surface area contributed by atoms with E-state index in [1.54, 1.807) is 24.9 Å². The molecule has 0 bridgehead atoms. The van der Waals surface area contributed by atoms with Crippen molar-refractivity contribution in [1.29, 1.82) is 0 Å². The molecule has 0 spiro atoms. The fourth-order valence-electron chi connectivity index (χ4n) is 4.02. The fourth-order valence-corrected chi connectivity index (χ4v) is 4.10. The van der Waals surface area contributed by atoms with Crippen molar-refractivity contribution in [1.82, 2.24) is 19.9 Å². The Morgan fingerprint density at radius 2 is 1.97 bits per heavy atom. The Kier molecular flexibility index (Phi) is 6.97. The monoisotopic (exact) mass is 483 g/mol. The summed E-state index contributed by atoms with van der Waals surface area (Å²) in [4.78, 5) is 28.2. The van der Waals surface area contributed by atoms with Gasteiger partial charge < -0.3 is 15.4 Å². The molecule has 0 saturated carbocycles. The Labute approximate surface area is 203 Å². The molecule has 0 radical (unpaired) electrons. The summed E-state index contributed by atoms with van der Waals surface area (Å²) in [6, 6.07) is 3.91. The number of nitrogens with zero attached hydrogens (tertiary/aromatic N) is 4. The molecule has 34 heavy (non-hydrogen) atoms. The number of amides is 1. The molecule has 2 aromatic heterocycles. The van der Waals surface area contributed by atoms with Crippen LogP contribution < -0.4 is 5.73 Å². The highest BCUT2D eigenvalue weighted by Crippen LogP contribution is 2.31. The van der Waals surface area contributed by atoms with Gasteiger partial charge in [-0.3, -0.25) is 9.78 Å². The highest BCUT2D eigenvalue weighted by molar-refractivity contribution is 6.31. The van der Waals surface area contributed by atoms with E-state index in [0.29, 0.717) is 52.3 Å². The zero-order valence-electron chi connectivity index (χ0n) is 19.4. The van der Waals surface area contributed by atoms with Crippen LogP contribution >= 0.6 is 11.6 Å². The first-order chi connectivity index (χ1) is 16.2. The van der Waals surface area contributed by atoms with Crippen LogP contribution in [0.5, 0.6) is 0 Å². The van der Waals surface area contributed by atoms with E-state index in [2.05, 4.69) is 15.0 Å². The van der Waals surface area contributed by atoms with Crippen molar-refractivity contribution in [2.24, 2.45) is 11.7 Å². The number of pyridine rings is 1. The molecule has 2 aliphatic rings. The van der Waals surface area contributed by atoms with Crippen LogP contribution in [-0.4, -0.2) is 45.5 Å². The third kappa shape index (κ3) is 5.12. The minimum atomic E-state index is -0.614. The van der Waals surface area contributed by atoms with Crippen molar-refractivity contribution >= 4 is 23.1 Å². The topological polar surface area (TPSA) is 94.2 Å². The number of ether oxygens (including phenoxy) is 1. The summed E-state index contributed by atoms with van der Waals surface area (Å²) < 4.78 is 19.9. The molecule has 0 aromatic carbocycles. The molecule has 1 amide bonds. The van der Waals surface area contributed by atoms with Crippen molar-refractivity contribution in [3.8, 4) is 0 Å². The first-order valence-electron chi connectivity index (χ1n) is 11.1. The average Bonchev–Trinajstić information content (AvgIpc) is 3.20. The number of nitrogens with two attached hydrogens (primary N) is 1. The van der Waals surface area contributed by atoms with Gasteiger partial charge in [0.25, 0.3) is 0 Å². The van der Waals surface area contributed by atoms with E-state index in [1.165, 1.54) is 12.2 Å². The molecule has 7 nitrogen and oxygen atoms in total. The van der Waals surface area contributed by atoms with Crippen LogP contribution in [0.2, 0.25) is 5.02 Å². The first kappa shape index (κ1) is 23.9. The molecule has 178 valence electrons. The first-order valence-corrected chi connectivity index (χ1v) is 11.5. The van der Waals surface area contributed by atoms with Crippen molar-refractivity contribution in [3.05, 3.63) is 81.3 Å². The summed E-state index contributed by atoms with van der Waals surface area (Å²) in [5, 5.41) is 0.512. The van der Waals surface area contributed by atoms with E-state index in [4.69, 9.17) is 22.1 Å². The summed E-state index contributed by atoms with van der Waals surface area (Å²) in [5.74, 6) is -0.395. The standard InChI is InChI=1S/C25H27ClFN5O2/c1-14-4-5-17(11-29-14)8-9-34-22-10-18(27)6-7-19(22)25(33)32-12-20(21(28)13-32)24-30-15(2)23(26)16(3)31-24/h4-6,10-11,19H,7-9,12-13,28H2,1-3H3. The Morgan fingerprint density at radius 1 is 1.24 bits per heavy atom. The molecule has 2 aromatic rings. The number of carbonyl (C=O) groups excluding carboxylic acids is 1. The molecule has 1 aliphatic heterocycles. The smallest absolute Gasteiger partial charge is 0.234 e. The Hall–Kier alpha value is -3.26. The second-order valence-corrected chi connectivity index (χ2v) is 8.94. The lowest BCUT2D eigenvalue weighted by Gasteiger charge is -2.26. The van der Waals surface area contributed by atoms with E-state index < -0.39 is 11.7 Å². The van der Waals surface area contributed by atoms with E-state index in [0.717, 1.165) is 11.3 Å². The van der Waals surface area contributed by atoms with Gasteiger partial charge in [-0.15, -0.1) is 0 Å². The third-order valence-corrected chi connectivity index (χ3v) is 6.51. The van der Waals surface area contributed by atoms with Crippen LogP contribution in [0.15, 0.2) is 47.8 Å². The zero-order valence-corrected chi connectivity index (χ0v) is 20.2. The molecule has 1 atom stereocenters. The van der Waals surface area contributed by atoms with Crippen LogP contribution in [0.1, 0.15) is 34.9 Å². The maximum Gasteiger partial charge on any atom is 0.234 e. The zero-order chi connectivity index (χ0) is 24.4. The van der Waals surface area contributed by atoms with Gasteiger partial charge in [0, 0.05) is 35.7 Å². The van der Waals surface area contributed by atoms with Crippen LogP contribution in [0, 0.1) is 26.7 Å². The number of aromatic nitrogens is 3. The van der Waals surface area contributed by atoms with E-state index >= 15 is 0 Å².